The molecule has 4 aromatic carbocycles. The van der Waals surface area contributed by atoms with Gasteiger partial charge in [-0.05, 0) is 78.6 Å². The van der Waals surface area contributed by atoms with Gasteiger partial charge >= 0.3 is 0 Å². The zero-order chi connectivity index (χ0) is 24.5. The van der Waals surface area contributed by atoms with Crippen LogP contribution in [0, 0.1) is 6.92 Å². The van der Waals surface area contributed by atoms with Crippen molar-refractivity contribution in [3.63, 3.8) is 0 Å². The molecule has 1 aromatic heterocycles. The van der Waals surface area contributed by atoms with Gasteiger partial charge < -0.3 is 4.42 Å². The van der Waals surface area contributed by atoms with E-state index in [2.05, 4.69) is 0 Å². The molecule has 0 N–H and O–H groups in total. The second-order valence-electron chi connectivity index (χ2n) is 8.67. The third kappa shape index (κ3) is 3.25. The topological polar surface area (TPSA) is 98.5 Å². The summed E-state index contributed by atoms with van der Waals surface area (Å²) in [5.74, 6) is 0. The summed E-state index contributed by atoms with van der Waals surface area (Å²) in [6.07, 6.45) is 0.329. The van der Waals surface area contributed by atoms with Crippen LogP contribution in [0.15, 0.2) is 108 Å². The average molecular weight is 503 g/mol. The van der Waals surface area contributed by atoms with E-state index in [1.54, 1.807) is 30.3 Å². The fourth-order valence-corrected chi connectivity index (χ4v) is 8.76. The van der Waals surface area contributed by atoms with Gasteiger partial charge in [0, 0.05) is 0 Å². The summed E-state index contributed by atoms with van der Waals surface area (Å²) < 4.78 is 58.6. The fourth-order valence-electron chi connectivity index (χ4n) is 4.58. The number of fused-ring (bicyclic) bond motifs is 4. The Kier molecular flexibility index (Phi) is 4.58. The molecule has 174 valence electrons. The highest BCUT2D eigenvalue weighted by Crippen LogP contribution is 2.40. The molecular weight excluding hydrogens is 484 g/mol. The summed E-state index contributed by atoms with van der Waals surface area (Å²) in [6.45, 7) is 1.92. The largest absolute Gasteiger partial charge is 0.456 e. The van der Waals surface area contributed by atoms with Crippen molar-refractivity contribution >= 4 is 41.6 Å². The first kappa shape index (κ1) is 21.8. The molecule has 0 aliphatic carbocycles. The Hall–Kier alpha value is -3.75. The molecular formula is C27H18O6S2. The molecule has 5 aromatic rings. The van der Waals surface area contributed by atoms with Crippen LogP contribution in [0.1, 0.15) is 16.7 Å². The molecule has 0 fully saturated rings. The summed E-state index contributed by atoms with van der Waals surface area (Å²) in [7, 11) is -7.94. The lowest BCUT2D eigenvalue weighted by atomic mass is 10.0. The molecule has 0 atom stereocenters. The van der Waals surface area contributed by atoms with Crippen LogP contribution in [-0.2, 0) is 26.1 Å². The lowest BCUT2D eigenvalue weighted by Gasteiger charge is -2.20. The van der Waals surface area contributed by atoms with Gasteiger partial charge in [-0.15, -0.1) is 0 Å². The monoisotopic (exact) mass is 502 g/mol. The summed E-state index contributed by atoms with van der Waals surface area (Å²) in [4.78, 5) is 12.0. The molecule has 35 heavy (non-hydrogen) atoms. The summed E-state index contributed by atoms with van der Waals surface area (Å²) in [5.41, 5.74) is 3.22. The molecule has 1 aliphatic heterocycles. The molecule has 0 unspecified atom stereocenters. The zero-order valence-electron chi connectivity index (χ0n) is 18.5. The van der Waals surface area contributed by atoms with Gasteiger partial charge in [0.1, 0.15) is 11.2 Å². The molecule has 6 nitrogen and oxygen atoms in total. The lowest BCUT2D eigenvalue weighted by molar-refractivity contribution is 0.570. The molecule has 0 saturated carbocycles. The second-order valence-corrected chi connectivity index (χ2v) is 12.4. The smallest absolute Gasteiger partial charge is 0.209 e. The second kappa shape index (κ2) is 7.37. The van der Waals surface area contributed by atoms with E-state index in [1.165, 1.54) is 36.4 Å². The molecule has 0 saturated heterocycles. The van der Waals surface area contributed by atoms with E-state index in [0.717, 1.165) is 11.1 Å². The summed E-state index contributed by atoms with van der Waals surface area (Å²) in [6, 6.07) is 20.7. The first-order chi connectivity index (χ1) is 16.7. The third-order valence-corrected chi connectivity index (χ3v) is 10.3. The molecule has 8 heteroatoms. The lowest BCUT2D eigenvalue weighted by Crippen LogP contribution is -2.19. The van der Waals surface area contributed by atoms with Crippen molar-refractivity contribution in [2.75, 3.05) is 0 Å². The van der Waals surface area contributed by atoms with Gasteiger partial charge in [0.25, 0.3) is 0 Å². The first-order valence-electron chi connectivity index (χ1n) is 10.8. The highest BCUT2D eigenvalue weighted by atomic mass is 32.2. The summed E-state index contributed by atoms with van der Waals surface area (Å²) >= 11 is 0. The number of benzene rings is 4. The summed E-state index contributed by atoms with van der Waals surface area (Å²) in [5, 5.41) is 0.970. The molecule has 0 amide bonds. The molecule has 0 radical (unpaired) electrons. The van der Waals surface area contributed by atoms with Crippen molar-refractivity contribution in [3.8, 4) is 0 Å². The normalized spacial score (nSPS) is 15.6. The Morgan fingerprint density at radius 3 is 1.89 bits per heavy atom. The van der Waals surface area contributed by atoms with Gasteiger partial charge in [0.2, 0.25) is 25.1 Å². The predicted octanol–water partition coefficient (Wildman–Crippen LogP) is 4.82. The van der Waals surface area contributed by atoms with E-state index >= 15 is 0 Å². The van der Waals surface area contributed by atoms with Crippen LogP contribution in [-0.4, -0.2) is 16.8 Å². The Labute approximate surface area is 201 Å². The maximum Gasteiger partial charge on any atom is 0.209 e. The van der Waals surface area contributed by atoms with Gasteiger partial charge in [-0.1, -0.05) is 30.3 Å². The minimum absolute atomic E-state index is 0.114. The molecule has 1 aliphatic rings. The van der Waals surface area contributed by atoms with Gasteiger partial charge in [-0.25, -0.2) is 16.8 Å². The van der Waals surface area contributed by atoms with E-state index in [0.29, 0.717) is 33.9 Å². The van der Waals surface area contributed by atoms with Crippen LogP contribution in [0.2, 0.25) is 0 Å². The van der Waals surface area contributed by atoms with Crippen LogP contribution in [0.5, 0.6) is 0 Å². The number of hydrogen-bond acceptors (Lipinski definition) is 6. The van der Waals surface area contributed by atoms with Gasteiger partial charge in [-0.2, -0.15) is 0 Å². The van der Waals surface area contributed by atoms with Crippen LogP contribution in [0.3, 0.4) is 0 Å². The quantitative estimate of drug-likeness (QED) is 0.315. The maximum atomic E-state index is 13.2. The minimum Gasteiger partial charge on any atom is -0.456 e. The van der Waals surface area contributed by atoms with Gasteiger partial charge in [0.05, 0.1) is 30.4 Å². The predicted molar refractivity (Wildman–Crippen MR) is 131 cm³/mol. The highest BCUT2D eigenvalue weighted by molar-refractivity contribution is 7.97. The van der Waals surface area contributed by atoms with Crippen molar-refractivity contribution in [3.05, 3.63) is 106 Å². The molecule has 0 bridgehead atoms. The standard InChI is InChI=1S/C27H18O6S2/c1-16-6-9-19-21(12-16)33-22-14-17(7-10-20(22)27(19)28)13-18-8-11-25-26(15-18)35(31,32)24-5-3-2-4-23(24)34(25,29)30/h2-12,14-15H,13H2,1H3. The maximum absolute atomic E-state index is 13.2. The van der Waals surface area contributed by atoms with Crippen molar-refractivity contribution < 1.29 is 21.3 Å². The SMILES string of the molecule is Cc1ccc2c(=O)c3ccc(Cc4ccc5c(c4)S(=O)(=O)c4ccccc4S5(=O)=O)cc3oc2c1. The van der Waals surface area contributed by atoms with Crippen molar-refractivity contribution in [1.29, 1.82) is 0 Å². The van der Waals surface area contributed by atoms with Crippen molar-refractivity contribution in [1.82, 2.24) is 0 Å². The van der Waals surface area contributed by atoms with Gasteiger partial charge in [0.15, 0.2) is 0 Å². The zero-order valence-corrected chi connectivity index (χ0v) is 20.1. The number of rotatable bonds is 2. The number of aryl methyl sites for hydroxylation is 1. The Morgan fingerprint density at radius 2 is 1.17 bits per heavy atom. The van der Waals surface area contributed by atoms with E-state index in [9.17, 15) is 21.6 Å². The Balaban J connectivity index is 1.46. The van der Waals surface area contributed by atoms with Crippen molar-refractivity contribution in [2.24, 2.45) is 0 Å². The fraction of sp³-hybridized carbons (Fsp3) is 0.0741. The minimum atomic E-state index is -3.99. The van der Waals surface area contributed by atoms with Crippen LogP contribution in [0.25, 0.3) is 21.9 Å². The molecule has 2 heterocycles. The van der Waals surface area contributed by atoms with Gasteiger partial charge in [-0.3, -0.25) is 4.79 Å². The molecule has 0 spiro atoms. The highest BCUT2D eigenvalue weighted by Gasteiger charge is 2.38. The third-order valence-electron chi connectivity index (χ3n) is 6.32. The van der Waals surface area contributed by atoms with Crippen LogP contribution >= 0.6 is 0 Å². The van der Waals surface area contributed by atoms with E-state index < -0.39 is 19.7 Å². The Bertz CT molecular complexity index is 1980. The van der Waals surface area contributed by atoms with Crippen LogP contribution < -0.4 is 5.43 Å². The molecule has 6 rings (SSSR count). The Morgan fingerprint density at radius 1 is 0.629 bits per heavy atom. The number of sulfone groups is 2. The van der Waals surface area contributed by atoms with E-state index in [1.807, 2.05) is 19.1 Å². The van der Waals surface area contributed by atoms with Crippen molar-refractivity contribution in [2.45, 2.75) is 32.9 Å². The van der Waals surface area contributed by atoms with E-state index in [-0.39, 0.29) is 25.0 Å². The van der Waals surface area contributed by atoms with E-state index in [4.69, 9.17) is 4.42 Å². The average Bonchev–Trinajstić information content (AvgIpc) is 2.83. The number of hydrogen-bond donors (Lipinski definition) is 0. The first-order valence-corrected chi connectivity index (χ1v) is 13.8. The van der Waals surface area contributed by atoms with Crippen LogP contribution in [0.4, 0.5) is 0 Å².